The summed E-state index contributed by atoms with van der Waals surface area (Å²) < 4.78 is 5.60. The lowest BCUT2D eigenvalue weighted by Crippen LogP contribution is -2.26. The Morgan fingerprint density at radius 1 is 1.26 bits per heavy atom. The number of rotatable bonds is 6. The van der Waals surface area contributed by atoms with E-state index in [-0.39, 0.29) is 17.7 Å². The molecule has 2 heterocycles. The van der Waals surface area contributed by atoms with Gasteiger partial charge >= 0.3 is 0 Å². The summed E-state index contributed by atoms with van der Waals surface area (Å²) in [5.41, 5.74) is 2.99. The third kappa shape index (κ3) is 3.82. The molecule has 0 unspecified atom stereocenters. The molecular formula is C15H21N5O2S. The van der Waals surface area contributed by atoms with E-state index in [2.05, 4.69) is 20.0 Å². The van der Waals surface area contributed by atoms with Crippen molar-refractivity contribution in [1.29, 1.82) is 0 Å². The molecule has 124 valence electrons. The van der Waals surface area contributed by atoms with Crippen LogP contribution in [0, 0.1) is 20.8 Å². The highest BCUT2D eigenvalue weighted by atomic mass is 32.1. The van der Waals surface area contributed by atoms with Crippen LogP contribution in [0.4, 0.5) is 0 Å². The Hall–Kier alpha value is -2.09. The molecule has 8 heteroatoms. The van der Waals surface area contributed by atoms with Crippen LogP contribution in [0.5, 0.6) is 0 Å². The fourth-order valence-corrected chi connectivity index (χ4v) is 3.19. The number of amides is 1. The third-order valence-electron chi connectivity index (χ3n) is 3.77. The van der Waals surface area contributed by atoms with Crippen molar-refractivity contribution in [2.24, 2.45) is 0 Å². The highest BCUT2D eigenvalue weighted by Crippen LogP contribution is 2.20. The molecule has 1 atom stereocenters. The highest BCUT2D eigenvalue weighted by molar-refractivity contribution is 7.05. The van der Waals surface area contributed by atoms with Gasteiger partial charge in [0.15, 0.2) is 5.78 Å². The molecule has 0 aromatic carbocycles. The monoisotopic (exact) mass is 335 g/mol. The summed E-state index contributed by atoms with van der Waals surface area (Å²) >= 11 is 1.29. The molecule has 2 aromatic heterocycles. The van der Waals surface area contributed by atoms with Crippen molar-refractivity contribution >= 4 is 23.2 Å². The van der Waals surface area contributed by atoms with Crippen LogP contribution in [0.1, 0.15) is 58.6 Å². The van der Waals surface area contributed by atoms with Gasteiger partial charge in [-0.05, 0) is 46.2 Å². The number of nitrogens with one attached hydrogen (secondary N) is 1. The number of ketones is 1. The van der Waals surface area contributed by atoms with Crippen LogP contribution < -0.4 is 5.32 Å². The van der Waals surface area contributed by atoms with Gasteiger partial charge in [-0.2, -0.15) is 5.10 Å². The fourth-order valence-electron chi connectivity index (χ4n) is 2.62. The second-order valence-electron chi connectivity index (χ2n) is 5.66. The summed E-state index contributed by atoms with van der Waals surface area (Å²) in [6.07, 6.45) is 0.296. The zero-order chi connectivity index (χ0) is 17.1. The van der Waals surface area contributed by atoms with Crippen molar-refractivity contribution in [3.63, 3.8) is 0 Å². The molecular weight excluding hydrogens is 314 g/mol. The lowest BCUT2D eigenvalue weighted by atomic mass is 10.1. The summed E-state index contributed by atoms with van der Waals surface area (Å²) in [6.45, 7) is 9.42. The predicted octanol–water partition coefficient (Wildman–Crippen LogP) is 2.13. The largest absolute Gasteiger partial charge is 0.351 e. The lowest BCUT2D eigenvalue weighted by Gasteiger charge is -2.14. The van der Waals surface area contributed by atoms with Crippen LogP contribution >= 0.6 is 11.5 Å². The number of carbonyl (C=O) groups excluding carboxylic acids is 2. The normalized spacial score (nSPS) is 12.2. The highest BCUT2D eigenvalue weighted by Gasteiger charge is 2.20. The summed E-state index contributed by atoms with van der Waals surface area (Å²) in [7, 11) is 0. The molecule has 0 fully saturated rings. The standard InChI is InChI=1S/C15H21N5O2S/c1-8(20-11(4)15(12(5)21)10(3)18-20)6-14(22)16-7-13-9(2)17-19-23-13/h8H,6-7H2,1-5H3,(H,16,22)/t8-/m0/s1. The zero-order valence-electron chi connectivity index (χ0n) is 14.0. The van der Waals surface area contributed by atoms with E-state index in [1.165, 1.54) is 18.5 Å². The van der Waals surface area contributed by atoms with Crippen molar-refractivity contribution in [1.82, 2.24) is 24.7 Å². The molecule has 0 bridgehead atoms. The van der Waals surface area contributed by atoms with Gasteiger partial charge in [0, 0.05) is 12.1 Å². The molecule has 0 aliphatic carbocycles. The Morgan fingerprint density at radius 3 is 2.48 bits per heavy atom. The summed E-state index contributed by atoms with van der Waals surface area (Å²) in [6, 6.07) is -0.123. The van der Waals surface area contributed by atoms with Gasteiger partial charge in [0.25, 0.3) is 0 Å². The van der Waals surface area contributed by atoms with Crippen LogP contribution in [-0.2, 0) is 11.3 Å². The maximum atomic E-state index is 12.1. The number of hydrogen-bond acceptors (Lipinski definition) is 6. The Balaban J connectivity index is 2.00. The number of hydrogen-bond donors (Lipinski definition) is 1. The summed E-state index contributed by atoms with van der Waals surface area (Å²) in [4.78, 5) is 24.7. The Kier molecular flexibility index (Phi) is 5.25. The Labute approximate surface area is 139 Å². The number of nitrogens with zero attached hydrogens (tertiary/aromatic N) is 4. The van der Waals surface area contributed by atoms with Crippen LogP contribution in [0.25, 0.3) is 0 Å². The number of Topliss-reactive ketones (excluding diaryl/α,β-unsaturated/α-hetero) is 1. The van der Waals surface area contributed by atoms with Crippen molar-refractivity contribution in [3.8, 4) is 0 Å². The van der Waals surface area contributed by atoms with Gasteiger partial charge in [0.2, 0.25) is 5.91 Å². The molecule has 2 aromatic rings. The molecule has 2 rings (SSSR count). The maximum absolute atomic E-state index is 12.1. The minimum Gasteiger partial charge on any atom is -0.351 e. The minimum absolute atomic E-state index is 0.00364. The van der Waals surface area contributed by atoms with Gasteiger partial charge in [-0.25, -0.2) is 0 Å². The molecule has 0 saturated heterocycles. The topological polar surface area (TPSA) is 89.8 Å². The van der Waals surface area contributed by atoms with E-state index in [0.29, 0.717) is 24.2 Å². The van der Waals surface area contributed by atoms with Crippen molar-refractivity contribution in [2.45, 2.75) is 53.6 Å². The third-order valence-corrected chi connectivity index (χ3v) is 4.59. The van der Waals surface area contributed by atoms with Gasteiger partial charge < -0.3 is 5.32 Å². The van der Waals surface area contributed by atoms with Gasteiger partial charge in [0.1, 0.15) is 0 Å². The second-order valence-corrected chi connectivity index (χ2v) is 6.50. The molecule has 1 N–H and O–H groups in total. The molecule has 0 aliphatic heterocycles. The van der Waals surface area contributed by atoms with E-state index >= 15 is 0 Å². The maximum Gasteiger partial charge on any atom is 0.222 e. The van der Waals surface area contributed by atoms with Gasteiger partial charge in [0.05, 0.1) is 34.4 Å². The average Bonchev–Trinajstić information content (AvgIpc) is 2.99. The first kappa shape index (κ1) is 17.3. The fraction of sp³-hybridized carbons (Fsp3) is 0.533. The molecule has 0 saturated carbocycles. The van der Waals surface area contributed by atoms with Crippen LogP contribution in [0.15, 0.2) is 0 Å². The lowest BCUT2D eigenvalue weighted by molar-refractivity contribution is -0.122. The molecule has 1 amide bonds. The Morgan fingerprint density at radius 2 is 1.96 bits per heavy atom. The van der Waals surface area contributed by atoms with Crippen molar-refractivity contribution in [3.05, 3.63) is 27.5 Å². The first-order valence-corrected chi connectivity index (χ1v) is 8.19. The number of carbonyl (C=O) groups is 2. The average molecular weight is 335 g/mol. The summed E-state index contributed by atoms with van der Waals surface area (Å²) in [5, 5.41) is 11.2. The summed E-state index contributed by atoms with van der Waals surface area (Å²) in [5.74, 6) is -0.0710. The SMILES string of the molecule is CC(=O)c1c(C)nn([C@@H](C)CC(=O)NCc2snnc2C)c1C. The van der Waals surface area contributed by atoms with Crippen LogP contribution in [-0.4, -0.2) is 31.1 Å². The van der Waals surface area contributed by atoms with E-state index in [0.717, 1.165) is 16.3 Å². The van der Waals surface area contributed by atoms with E-state index in [4.69, 9.17) is 0 Å². The first-order valence-electron chi connectivity index (χ1n) is 7.42. The van der Waals surface area contributed by atoms with Crippen LogP contribution in [0.2, 0.25) is 0 Å². The quantitative estimate of drug-likeness (QED) is 0.817. The van der Waals surface area contributed by atoms with E-state index in [9.17, 15) is 9.59 Å². The van der Waals surface area contributed by atoms with Crippen molar-refractivity contribution < 1.29 is 9.59 Å². The zero-order valence-corrected chi connectivity index (χ0v) is 14.8. The first-order chi connectivity index (χ1) is 10.8. The smallest absolute Gasteiger partial charge is 0.222 e. The molecule has 23 heavy (non-hydrogen) atoms. The van der Waals surface area contributed by atoms with Crippen LogP contribution in [0.3, 0.4) is 0 Å². The Bertz CT molecular complexity index is 734. The van der Waals surface area contributed by atoms with E-state index in [1.807, 2.05) is 27.7 Å². The van der Waals surface area contributed by atoms with E-state index in [1.54, 1.807) is 4.68 Å². The predicted molar refractivity (Wildman–Crippen MR) is 87.5 cm³/mol. The molecule has 0 aliphatic rings. The van der Waals surface area contributed by atoms with E-state index < -0.39 is 0 Å². The number of aryl methyl sites for hydroxylation is 2. The molecule has 7 nitrogen and oxygen atoms in total. The van der Waals surface area contributed by atoms with Crippen molar-refractivity contribution in [2.75, 3.05) is 0 Å². The van der Waals surface area contributed by atoms with Gasteiger partial charge in [-0.15, -0.1) is 5.10 Å². The molecule has 0 radical (unpaired) electrons. The molecule has 0 spiro atoms. The van der Waals surface area contributed by atoms with Gasteiger partial charge in [-0.3, -0.25) is 14.3 Å². The number of aromatic nitrogens is 4. The van der Waals surface area contributed by atoms with Gasteiger partial charge in [-0.1, -0.05) is 4.49 Å². The minimum atomic E-state index is -0.123. The second kappa shape index (κ2) is 6.99.